The molecule has 0 spiro atoms. The third-order valence-electron chi connectivity index (χ3n) is 4.24. The van der Waals surface area contributed by atoms with Gasteiger partial charge in [0.25, 0.3) is 5.91 Å². The molecule has 3 aromatic heterocycles. The highest BCUT2D eigenvalue weighted by atomic mass is 32.1. The number of aryl methyl sites for hydroxylation is 1. The van der Waals surface area contributed by atoms with E-state index in [0.717, 1.165) is 17.0 Å². The maximum Gasteiger partial charge on any atom is 0.381 e. The summed E-state index contributed by atoms with van der Waals surface area (Å²) in [6, 6.07) is 3.19. The fourth-order valence-electron chi connectivity index (χ4n) is 2.76. The van der Waals surface area contributed by atoms with E-state index in [4.69, 9.17) is 13.9 Å². The molecule has 0 aliphatic carbocycles. The SMILES string of the molecule is COCCN(CCO)c1cc(C(=O)Nc2nnc(-n3nccc3C)s2)oc(=O)c1OC. The van der Waals surface area contributed by atoms with Crippen molar-refractivity contribution in [2.75, 3.05) is 50.7 Å². The largest absolute Gasteiger partial charge is 0.488 e. The molecule has 0 atom stereocenters. The van der Waals surface area contributed by atoms with Crippen LogP contribution in [0.1, 0.15) is 16.2 Å². The van der Waals surface area contributed by atoms with E-state index in [1.165, 1.54) is 20.3 Å². The lowest BCUT2D eigenvalue weighted by Gasteiger charge is -2.24. The minimum absolute atomic E-state index is 0.0755. The summed E-state index contributed by atoms with van der Waals surface area (Å²) in [7, 11) is 2.86. The maximum atomic E-state index is 12.7. The monoisotopic (exact) mass is 450 g/mol. The lowest BCUT2D eigenvalue weighted by molar-refractivity contribution is 0.0991. The number of nitrogens with zero attached hydrogens (tertiary/aromatic N) is 5. The van der Waals surface area contributed by atoms with E-state index in [9.17, 15) is 14.7 Å². The minimum Gasteiger partial charge on any atom is -0.488 e. The summed E-state index contributed by atoms with van der Waals surface area (Å²) < 4.78 is 17.0. The van der Waals surface area contributed by atoms with Crippen molar-refractivity contribution in [1.82, 2.24) is 20.0 Å². The van der Waals surface area contributed by atoms with Gasteiger partial charge in [-0.3, -0.25) is 10.1 Å². The Morgan fingerprint density at radius 1 is 1.35 bits per heavy atom. The lowest BCUT2D eigenvalue weighted by atomic mass is 10.2. The summed E-state index contributed by atoms with van der Waals surface area (Å²) >= 11 is 1.11. The molecule has 0 bridgehead atoms. The zero-order valence-electron chi connectivity index (χ0n) is 17.2. The molecule has 13 heteroatoms. The Kier molecular flexibility index (Phi) is 7.33. The summed E-state index contributed by atoms with van der Waals surface area (Å²) in [5, 5.41) is 24.7. The summed E-state index contributed by atoms with van der Waals surface area (Å²) in [5.74, 6) is -1.00. The Labute approximate surface area is 181 Å². The van der Waals surface area contributed by atoms with Crippen LogP contribution in [0.3, 0.4) is 0 Å². The Hall–Kier alpha value is -3.29. The molecule has 2 N–H and O–H groups in total. The molecule has 3 rings (SSSR count). The number of amides is 1. The molecular formula is C18H22N6O6S. The topological polar surface area (TPSA) is 145 Å². The first-order chi connectivity index (χ1) is 15.0. The van der Waals surface area contributed by atoms with Crippen LogP contribution in [0.2, 0.25) is 0 Å². The second kappa shape index (κ2) is 10.1. The average Bonchev–Trinajstić information content (AvgIpc) is 3.39. The van der Waals surface area contributed by atoms with E-state index >= 15 is 0 Å². The van der Waals surface area contributed by atoms with Crippen LogP contribution in [0.25, 0.3) is 5.13 Å². The molecule has 12 nitrogen and oxygen atoms in total. The van der Waals surface area contributed by atoms with Crippen LogP contribution in [-0.2, 0) is 4.74 Å². The highest BCUT2D eigenvalue weighted by Gasteiger charge is 2.22. The summed E-state index contributed by atoms with van der Waals surface area (Å²) in [6.45, 7) is 2.59. The highest BCUT2D eigenvalue weighted by molar-refractivity contribution is 7.17. The van der Waals surface area contributed by atoms with Gasteiger partial charge in [0.1, 0.15) is 0 Å². The minimum atomic E-state index is -0.823. The van der Waals surface area contributed by atoms with Crippen molar-refractivity contribution in [1.29, 1.82) is 0 Å². The van der Waals surface area contributed by atoms with Gasteiger partial charge in [-0.05, 0) is 13.0 Å². The molecule has 0 fully saturated rings. The van der Waals surface area contributed by atoms with Crippen molar-refractivity contribution in [2.24, 2.45) is 0 Å². The van der Waals surface area contributed by atoms with Crippen LogP contribution in [0, 0.1) is 6.92 Å². The van der Waals surface area contributed by atoms with Crippen LogP contribution >= 0.6 is 11.3 Å². The van der Waals surface area contributed by atoms with Crippen molar-refractivity contribution in [2.45, 2.75) is 6.92 Å². The molecule has 0 saturated heterocycles. The Morgan fingerprint density at radius 3 is 2.81 bits per heavy atom. The van der Waals surface area contributed by atoms with Crippen LogP contribution in [0.5, 0.6) is 5.75 Å². The van der Waals surface area contributed by atoms with Gasteiger partial charge in [-0.1, -0.05) is 11.3 Å². The van der Waals surface area contributed by atoms with E-state index in [1.54, 1.807) is 15.8 Å². The molecule has 0 aliphatic heterocycles. The number of methoxy groups -OCH3 is 2. The van der Waals surface area contributed by atoms with E-state index in [0.29, 0.717) is 24.0 Å². The number of anilines is 2. The number of carbonyl (C=O) groups excluding carboxylic acids is 1. The third-order valence-corrected chi connectivity index (χ3v) is 5.05. The maximum absolute atomic E-state index is 12.7. The first-order valence-corrected chi connectivity index (χ1v) is 10.0. The number of rotatable bonds is 10. The van der Waals surface area contributed by atoms with Crippen LogP contribution < -0.4 is 20.6 Å². The van der Waals surface area contributed by atoms with Gasteiger partial charge in [0.05, 0.1) is 26.0 Å². The standard InChI is InChI=1S/C18H22N6O6S/c1-11-4-5-19-24(11)18-22-21-17(31-18)20-15(26)13-10-12(14(29-3)16(27)30-13)23(6-8-25)7-9-28-2/h4-5,10,25H,6-9H2,1-3H3,(H,20,21,26). The van der Waals surface area contributed by atoms with Crippen molar-refractivity contribution in [3.05, 3.63) is 40.2 Å². The molecule has 0 aromatic carbocycles. The first kappa shape index (κ1) is 22.4. The number of aliphatic hydroxyl groups is 1. The molecule has 166 valence electrons. The molecule has 0 radical (unpaired) electrons. The Morgan fingerprint density at radius 2 is 2.16 bits per heavy atom. The molecule has 1 amide bonds. The van der Waals surface area contributed by atoms with Gasteiger partial charge in [-0.15, -0.1) is 10.2 Å². The zero-order chi connectivity index (χ0) is 22.4. The van der Waals surface area contributed by atoms with Crippen molar-refractivity contribution in [3.8, 4) is 10.9 Å². The van der Waals surface area contributed by atoms with Crippen LogP contribution in [0.4, 0.5) is 10.8 Å². The van der Waals surface area contributed by atoms with Crippen molar-refractivity contribution < 1.29 is 23.8 Å². The summed E-state index contributed by atoms with van der Waals surface area (Å²) in [4.78, 5) is 26.8. The molecular weight excluding hydrogens is 428 g/mol. The number of hydrogen-bond acceptors (Lipinski definition) is 11. The lowest BCUT2D eigenvalue weighted by Crippen LogP contribution is -2.32. The van der Waals surface area contributed by atoms with Gasteiger partial charge in [-0.25, -0.2) is 9.48 Å². The molecule has 3 aromatic rings. The van der Waals surface area contributed by atoms with Gasteiger partial charge in [0.2, 0.25) is 16.0 Å². The number of hydrogen-bond donors (Lipinski definition) is 2. The Balaban J connectivity index is 1.87. The molecule has 0 aliphatic rings. The van der Waals surface area contributed by atoms with E-state index in [2.05, 4.69) is 20.6 Å². The predicted octanol–water partition coefficient (Wildman–Crippen LogP) is 0.691. The number of carbonyl (C=O) groups is 1. The quantitative estimate of drug-likeness (QED) is 0.452. The van der Waals surface area contributed by atoms with Gasteiger partial charge >= 0.3 is 5.63 Å². The van der Waals surface area contributed by atoms with Gasteiger partial charge in [-0.2, -0.15) is 5.10 Å². The van der Waals surface area contributed by atoms with Crippen LogP contribution in [0.15, 0.2) is 27.5 Å². The van der Waals surface area contributed by atoms with Crippen LogP contribution in [-0.4, -0.2) is 71.5 Å². The fourth-order valence-corrected chi connectivity index (χ4v) is 3.52. The highest BCUT2D eigenvalue weighted by Crippen LogP contribution is 2.27. The first-order valence-electron chi connectivity index (χ1n) is 9.21. The van der Waals surface area contributed by atoms with Crippen molar-refractivity contribution in [3.63, 3.8) is 0 Å². The van der Waals surface area contributed by atoms with Gasteiger partial charge < -0.3 is 23.9 Å². The number of ether oxygens (including phenoxy) is 2. The molecule has 0 unspecified atom stereocenters. The van der Waals surface area contributed by atoms with E-state index < -0.39 is 11.5 Å². The second-order valence-electron chi connectivity index (χ2n) is 6.25. The van der Waals surface area contributed by atoms with E-state index in [1.807, 2.05) is 13.0 Å². The predicted molar refractivity (Wildman–Crippen MR) is 112 cm³/mol. The van der Waals surface area contributed by atoms with Crippen molar-refractivity contribution >= 4 is 28.1 Å². The average molecular weight is 450 g/mol. The van der Waals surface area contributed by atoms with E-state index in [-0.39, 0.29) is 29.8 Å². The van der Waals surface area contributed by atoms with Gasteiger partial charge in [0.15, 0.2) is 5.76 Å². The fraction of sp³-hybridized carbons (Fsp3) is 0.389. The summed E-state index contributed by atoms with van der Waals surface area (Å²) in [6.07, 6.45) is 1.63. The van der Waals surface area contributed by atoms with Gasteiger partial charge in [0, 0.05) is 38.2 Å². The number of aliphatic hydroxyl groups excluding tert-OH is 1. The zero-order valence-corrected chi connectivity index (χ0v) is 18.0. The molecule has 31 heavy (non-hydrogen) atoms. The number of aromatic nitrogens is 4. The summed E-state index contributed by atoms with van der Waals surface area (Å²) in [5.41, 5.74) is 0.343. The normalized spacial score (nSPS) is 10.8. The third kappa shape index (κ3) is 5.07. The Bertz CT molecular complexity index is 1090. The molecule has 0 saturated carbocycles. The second-order valence-corrected chi connectivity index (χ2v) is 7.20. The molecule has 3 heterocycles. The smallest absolute Gasteiger partial charge is 0.381 e. The number of nitrogens with one attached hydrogen (secondary N) is 1.